The summed E-state index contributed by atoms with van der Waals surface area (Å²) in [5.41, 5.74) is 3.01. The second kappa shape index (κ2) is 5.79. The first kappa shape index (κ1) is 13.4. The number of nitrogens with zero attached hydrogens (tertiary/aromatic N) is 2. The molecule has 2 aromatic carbocycles. The van der Waals surface area contributed by atoms with Crippen molar-refractivity contribution < 1.29 is 9.90 Å². The minimum Gasteiger partial charge on any atom is -0.550 e. The highest BCUT2D eigenvalue weighted by Crippen LogP contribution is 2.19. The Kier molecular flexibility index (Phi) is 3.69. The number of carbonyl (C=O) groups excluding carboxylic acids is 1. The van der Waals surface area contributed by atoms with Crippen LogP contribution in [0.2, 0.25) is 0 Å². The Hall–Kier alpha value is -2.62. The van der Waals surface area contributed by atoms with Gasteiger partial charge in [-0.25, -0.2) is 4.98 Å². The lowest BCUT2D eigenvalue weighted by atomic mass is 10.1. The lowest BCUT2D eigenvalue weighted by Crippen LogP contribution is -2.24. The third-order valence-corrected chi connectivity index (χ3v) is 3.48. The Balaban J connectivity index is 1.99. The number of para-hydroxylation sites is 2. The highest BCUT2D eigenvalue weighted by atomic mass is 16.4. The first-order valence-electron chi connectivity index (χ1n) is 6.92. The third-order valence-electron chi connectivity index (χ3n) is 3.48. The van der Waals surface area contributed by atoms with Gasteiger partial charge in [0.15, 0.2) is 0 Å². The molecule has 0 saturated carbocycles. The van der Waals surface area contributed by atoms with Gasteiger partial charge in [0.05, 0.1) is 11.0 Å². The molecule has 0 radical (unpaired) electrons. The highest BCUT2D eigenvalue weighted by molar-refractivity contribution is 5.76. The van der Waals surface area contributed by atoms with Crippen molar-refractivity contribution in [1.29, 1.82) is 0 Å². The van der Waals surface area contributed by atoms with Crippen molar-refractivity contribution in [2.45, 2.75) is 19.4 Å². The number of hydrogen-bond donors (Lipinski definition) is 0. The lowest BCUT2D eigenvalue weighted by molar-refractivity contribution is -0.305. The summed E-state index contributed by atoms with van der Waals surface area (Å²) in [5, 5.41) is 10.8. The van der Waals surface area contributed by atoms with Gasteiger partial charge in [-0.05, 0) is 17.7 Å². The van der Waals surface area contributed by atoms with Gasteiger partial charge in [-0.15, -0.1) is 0 Å². The van der Waals surface area contributed by atoms with Gasteiger partial charge in [-0.3, -0.25) is 0 Å². The number of aryl methyl sites for hydroxylation is 1. The van der Waals surface area contributed by atoms with E-state index in [2.05, 4.69) is 4.98 Å². The fourth-order valence-electron chi connectivity index (χ4n) is 2.49. The molecule has 4 heteroatoms. The molecule has 0 aliphatic rings. The second-order valence-electron chi connectivity index (χ2n) is 4.95. The second-order valence-corrected chi connectivity index (χ2v) is 4.95. The van der Waals surface area contributed by atoms with Gasteiger partial charge in [-0.1, -0.05) is 42.5 Å². The number of aliphatic carboxylic acids is 1. The van der Waals surface area contributed by atoms with Crippen LogP contribution in [0.3, 0.4) is 0 Å². The van der Waals surface area contributed by atoms with Crippen LogP contribution in [-0.2, 0) is 17.8 Å². The maximum Gasteiger partial charge on any atom is 0.114 e. The molecule has 3 aromatic rings. The fourth-order valence-corrected chi connectivity index (χ4v) is 2.49. The molecule has 3 rings (SSSR count). The maximum absolute atomic E-state index is 10.8. The van der Waals surface area contributed by atoms with Gasteiger partial charge >= 0.3 is 0 Å². The summed E-state index contributed by atoms with van der Waals surface area (Å²) in [6.45, 7) is 0.380. The van der Waals surface area contributed by atoms with Gasteiger partial charge in [0.25, 0.3) is 0 Å². The maximum atomic E-state index is 10.8. The molecule has 4 nitrogen and oxygen atoms in total. The van der Waals surface area contributed by atoms with E-state index in [0.717, 1.165) is 22.4 Å². The molecule has 0 bridgehead atoms. The first-order valence-corrected chi connectivity index (χ1v) is 6.92. The molecule has 0 aliphatic heterocycles. The van der Waals surface area contributed by atoms with E-state index in [0.29, 0.717) is 13.0 Å². The number of aromatic nitrogens is 2. The predicted molar refractivity (Wildman–Crippen MR) is 78.6 cm³/mol. The quantitative estimate of drug-likeness (QED) is 0.715. The summed E-state index contributed by atoms with van der Waals surface area (Å²) in [6.07, 6.45) is 0.671. The van der Waals surface area contributed by atoms with Crippen molar-refractivity contribution in [2.75, 3.05) is 0 Å². The normalized spacial score (nSPS) is 10.9. The molecule has 0 amide bonds. The third kappa shape index (κ3) is 2.94. The Bertz CT molecular complexity index is 763. The van der Waals surface area contributed by atoms with Crippen LogP contribution in [0.4, 0.5) is 0 Å². The number of imidazole rings is 1. The fraction of sp³-hybridized carbons (Fsp3) is 0.176. The van der Waals surface area contributed by atoms with Crippen LogP contribution in [0.15, 0.2) is 54.6 Å². The molecule has 0 unspecified atom stereocenters. The van der Waals surface area contributed by atoms with E-state index in [9.17, 15) is 9.90 Å². The van der Waals surface area contributed by atoms with Crippen LogP contribution in [-0.4, -0.2) is 15.5 Å². The van der Waals surface area contributed by atoms with E-state index in [-0.39, 0.29) is 6.42 Å². The summed E-state index contributed by atoms with van der Waals surface area (Å²) in [5.74, 6) is -0.165. The van der Waals surface area contributed by atoms with Crippen molar-refractivity contribution in [1.82, 2.24) is 9.55 Å². The number of fused-ring (bicyclic) bond motifs is 1. The molecule has 106 valence electrons. The number of hydrogen-bond acceptors (Lipinski definition) is 3. The Morgan fingerprint density at radius 1 is 1.05 bits per heavy atom. The summed E-state index contributed by atoms with van der Waals surface area (Å²) >= 11 is 0. The van der Waals surface area contributed by atoms with Crippen LogP contribution >= 0.6 is 0 Å². The highest BCUT2D eigenvalue weighted by Gasteiger charge is 2.10. The largest absolute Gasteiger partial charge is 0.550 e. The van der Waals surface area contributed by atoms with E-state index in [1.807, 2.05) is 59.2 Å². The predicted octanol–water partition coefficient (Wildman–Crippen LogP) is 1.77. The molecular formula is C17H15N2O2-. The average molecular weight is 279 g/mol. The number of carbonyl (C=O) groups is 1. The molecule has 0 fully saturated rings. The Labute approximate surface area is 122 Å². The van der Waals surface area contributed by atoms with Gasteiger partial charge in [0.2, 0.25) is 0 Å². The standard InChI is InChI=1S/C17H16N2O2/c20-17(21)10-11-19-15-9-5-4-8-14(15)18-16(19)12-13-6-2-1-3-7-13/h1-9H,10-12H2,(H,20,21)/p-1. The number of rotatable bonds is 5. The zero-order chi connectivity index (χ0) is 14.7. The number of carboxylic acid groups (broad SMARTS) is 1. The molecule has 0 N–H and O–H groups in total. The number of benzene rings is 2. The molecule has 0 spiro atoms. The van der Waals surface area contributed by atoms with Crippen LogP contribution in [0.25, 0.3) is 11.0 Å². The van der Waals surface area contributed by atoms with Crippen molar-refractivity contribution in [3.05, 3.63) is 66.0 Å². The van der Waals surface area contributed by atoms with Crippen LogP contribution in [0.1, 0.15) is 17.8 Å². The van der Waals surface area contributed by atoms with Crippen LogP contribution < -0.4 is 5.11 Å². The summed E-state index contributed by atoms with van der Waals surface area (Å²) in [7, 11) is 0. The molecule has 0 saturated heterocycles. The van der Waals surface area contributed by atoms with Gasteiger partial charge in [-0.2, -0.15) is 0 Å². The summed E-state index contributed by atoms with van der Waals surface area (Å²) in [4.78, 5) is 15.4. The molecule has 1 heterocycles. The Morgan fingerprint density at radius 2 is 1.76 bits per heavy atom. The molecule has 1 aromatic heterocycles. The lowest BCUT2D eigenvalue weighted by Gasteiger charge is -2.10. The van der Waals surface area contributed by atoms with Crippen LogP contribution in [0, 0.1) is 0 Å². The molecule has 0 aliphatic carbocycles. The first-order chi connectivity index (χ1) is 10.2. The minimum absolute atomic E-state index is 0.0118. The summed E-state index contributed by atoms with van der Waals surface area (Å²) in [6, 6.07) is 17.8. The zero-order valence-electron chi connectivity index (χ0n) is 11.5. The minimum atomic E-state index is -1.04. The zero-order valence-corrected chi connectivity index (χ0v) is 11.5. The smallest absolute Gasteiger partial charge is 0.114 e. The van der Waals surface area contributed by atoms with E-state index >= 15 is 0 Å². The van der Waals surface area contributed by atoms with E-state index < -0.39 is 5.97 Å². The molecular weight excluding hydrogens is 264 g/mol. The number of carboxylic acids is 1. The van der Waals surface area contributed by atoms with Gasteiger partial charge in [0.1, 0.15) is 5.82 Å². The van der Waals surface area contributed by atoms with E-state index in [4.69, 9.17) is 0 Å². The average Bonchev–Trinajstić information content (AvgIpc) is 2.83. The van der Waals surface area contributed by atoms with E-state index in [1.54, 1.807) is 0 Å². The van der Waals surface area contributed by atoms with Crippen molar-refractivity contribution >= 4 is 17.0 Å². The topological polar surface area (TPSA) is 57.9 Å². The molecule has 0 atom stereocenters. The molecule has 21 heavy (non-hydrogen) atoms. The van der Waals surface area contributed by atoms with Gasteiger partial charge < -0.3 is 14.5 Å². The van der Waals surface area contributed by atoms with Crippen molar-refractivity contribution in [3.8, 4) is 0 Å². The van der Waals surface area contributed by atoms with E-state index in [1.165, 1.54) is 0 Å². The Morgan fingerprint density at radius 3 is 2.52 bits per heavy atom. The van der Waals surface area contributed by atoms with Crippen LogP contribution in [0.5, 0.6) is 0 Å². The SMILES string of the molecule is O=C([O-])CCn1c(Cc2ccccc2)nc2ccccc21. The summed E-state index contributed by atoms with van der Waals surface area (Å²) < 4.78 is 1.97. The van der Waals surface area contributed by atoms with Crippen molar-refractivity contribution in [2.24, 2.45) is 0 Å². The van der Waals surface area contributed by atoms with Crippen molar-refractivity contribution in [3.63, 3.8) is 0 Å². The monoisotopic (exact) mass is 279 g/mol. The van der Waals surface area contributed by atoms with Gasteiger partial charge in [0, 0.05) is 25.4 Å².